The molecule has 0 saturated carbocycles. The topological polar surface area (TPSA) is 71.2 Å². The number of halogens is 1. The average Bonchev–Trinajstić information content (AvgIpc) is 3.01. The minimum atomic E-state index is -0.907. The average molecular weight is 349 g/mol. The molecule has 1 saturated heterocycles. The Hall–Kier alpha value is -1.92. The number of carboxylic acids is 1. The standard InChI is InChI=1S/C17H21ClN4O2/c18-15-3-1-13(2-4-15)14-5-8-21(9-6-14)10-7-16-11-22(20-19-16)12-17(23)24/h1-4,11,14H,5-10,12H2,(H,23,24). The summed E-state index contributed by atoms with van der Waals surface area (Å²) in [5.74, 6) is -0.300. The number of aromatic nitrogens is 3. The molecule has 1 aromatic carbocycles. The number of aliphatic carboxylic acids is 1. The lowest BCUT2D eigenvalue weighted by molar-refractivity contribution is -0.137. The van der Waals surface area contributed by atoms with Gasteiger partial charge in [-0.05, 0) is 49.5 Å². The van der Waals surface area contributed by atoms with Crippen molar-refractivity contribution in [2.75, 3.05) is 19.6 Å². The molecule has 128 valence electrons. The van der Waals surface area contributed by atoms with Crippen molar-refractivity contribution in [2.24, 2.45) is 0 Å². The van der Waals surface area contributed by atoms with E-state index in [4.69, 9.17) is 16.7 Å². The first kappa shape index (κ1) is 16.9. The predicted octanol–water partition coefficient (Wildman–Crippen LogP) is 2.44. The molecule has 1 fully saturated rings. The number of carbonyl (C=O) groups is 1. The van der Waals surface area contributed by atoms with Gasteiger partial charge in [-0.25, -0.2) is 4.68 Å². The Bertz CT molecular complexity index is 678. The zero-order chi connectivity index (χ0) is 16.9. The smallest absolute Gasteiger partial charge is 0.325 e. The van der Waals surface area contributed by atoms with Gasteiger partial charge in [0.25, 0.3) is 0 Å². The van der Waals surface area contributed by atoms with Crippen molar-refractivity contribution in [3.8, 4) is 0 Å². The Kier molecular flexibility index (Phi) is 5.48. The summed E-state index contributed by atoms with van der Waals surface area (Å²) in [4.78, 5) is 13.1. The van der Waals surface area contributed by atoms with Crippen LogP contribution in [-0.2, 0) is 17.8 Å². The molecular weight excluding hydrogens is 328 g/mol. The summed E-state index contributed by atoms with van der Waals surface area (Å²) >= 11 is 5.95. The van der Waals surface area contributed by atoms with Crippen molar-refractivity contribution in [1.29, 1.82) is 0 Å². The van der Waals surface area contributed by atoms with Gasteiger partial charge in [-0.2, -0.15) is 0 Å². The lowest BCUT2D eigenvalue weighted by atomic mass is 9.89. The van der Waals surface area contributed by atoms with Crippen LogP contribution >= 0.6 is 11.6 Å². The van der Waals surface area contributed by atoms with E-state index in [0.717, 1.165) is 49.6 Å². The van der Waals surface area contributed by atoms with Crippen LogP contribution in [0.4, 0.5) is 0 Å². The van der Waals surface area contributed by atoms with Gasteiger partial charge in [0, 0.05) is 24.2 Å². The molecule has 0 amide bonds. The Morgan fingerprint density at radius 1 is 1.25 bits per heavy atom. The van der Waals surface area contributed by atoms with Crippen molar-refractivity contribution >= 4 is 17.6 Å². The molecule has 0 unspecified atom stereocenters. The zero-order valence-electron chi connectivity index (χ0n) is 13.4. The minimum absolute atomic E-state index is 0.139. The van der Waals surface area contributed by atoms with Crippen LogP contribution in [0.2, 0.25) is 5.02 Å². The van der Waals surface area contributed by atoms with Gasteiger partial charge < -0.3 is 10.0 Å². The summed E-state index contributed by atoms with van der Waals surface area (Å²) in [6, 6.07) is 8.18. The van der Waals surface area contributed by atoms with E-state index < -0.39 is 5.97 Å². The highest BCUT2D eigenvalue weighted by molar-refractivity contribution is 6.30. The fourth-order valence-electron chi connectivity index (χ4n) is 3.17. The van der Waals surface area contributed by atoms with Gasteiger partial charge in [0.15, 0.2) is 0 Å². The van der Waals surface area contributed by atoms with E-state index in [0.29, 0.717) is 5.92 Å². The first-order chi connectivity index (χ1) is 11.6. The Balaban J connectivity index is 1.44. The van der Waals surface area contributed by atoms with Gasteiger partial charge in [0.1, 0.15) is 6.54 Å². The van der Waals surface area contributed by atoms with Crippen LogP contribution in [0.25, 0.3) is 0 Å². The molecule has 0 atom stereocenters. The fourth-order valence-corrected chi connectivity index (χ4v) is 3.29. The molecule has 1 aliphatic heterocycles. The van der Waals surface area contributed by atoms with Gasteiger partial charge in [0.2, 0.25) is 0 Å². The number of carboxylic acid groups (broad SMARTS) is 1. The minimum Gasteiger partial charge on any atom is -0.480 e. The summed E-state index contributed by atoms with van der Waals surface area (Å²) in [7, 11) is 0. The first-order valence-corrected chi connectivity index (χ1v) is 8.56. The Morgan fingerprint density at radius 2 is 1.96 bits per heavy atom. The van der Waals surface area contributed by atoms with Crippen LogP contribution in [0, 0.1) is 0 Å². The maximum Gasteiger partial charge on any atom is 0.325 e. The lowest BCUT2D eigenvalue weighted by Crippen LogP contribution is -2.34. The Morgan fingerprint density at radius 3 is 2.62 bits per heavy atom. The molecule has 0 bridgehead atoms. The van der Waals surface area contributed by atoms with Crippen LogP contribution in [-0.4, -0.2) is 50.6 Å². The van der Waals surface area contributed by atoms with Crippen molar-refractivity contribution in [2.45, 2.75) is 31.7 Å². The summed E-state index contributed by atoms with van der Waals surface area (Å²) < 4.78 is 1.37. The molecule has 2 heterocycles. The second-order valence-electron chi connectivity index (χ2n) is 6.22. The molecule has 1 aliphatic rings. The van der Waals surface area contributed by atoms with E-state index >= 15 is 0 Å². The zero-order valence-corrected chi connectivity index (χ0v) is 14.2. The van der Waals surface area contributed by atoms with Crippen molar-refractivity contribution in [1.82, 2.24) is 19.9 Å². The van der Waals surface area contributed by atoms with Crippen molar-refractivity contribution in [3.63, 3.8) is 0 Å². The van der Waals surface area contributed by atoms with Gasteiger partial charge in [-0.15, -0.1) is 5.10 Å². The summed E-state index contributed by atoms with van der Waals surface area (Å²) in [5.41, 5.74) is 2.21. The Labute approximate surface area is 146 Å². The molecule has 2 aromatic rings. The largest absolute Gasteiger partial charge is 0.480 e. The van der Waals surface area contributed by atoms with Gasteiger partial charge in [0.05, 0.1) is 5.69 Å². The highest BCUT2D eigenvalue weighted by Gasteiger charge is 2.20. The molecule has 0 spiro atoms. The van der Waals surface area contributed by atoms with Crippen LogP contribution < -0.4 is 0 Å². The third-order valence-corrected chi connectivity index (χ3v) is 4.75. The van der Waals surface area contributed by atoms with E-state index in [-0.39, 0.29) is 6.54 Å². The highest BCUT2D eigenvalue weighted by Crippen LogP contribution is 2.28. The molecule has 6 nitrogen and oxygen atoms in total. The molecule has 24 heavy (non-hydrogen) atoms. The van der Waals surface area contributed by atoms with Crippen LogP contribution in [0.5, 0.6) is 0 Å². The molecule has 1 aromatic heterocycles. The fraction of sp³-hybridized carbons (Fsp3) is 0.471. The van der Waals surface area contributed by atoms with E-state index in [1.54, 1.807) is 6.20 Å². The molecule has 0 aliphatic carbocycles. The second-order valence-corrected chi connectivity index (χ2v) is 6.66. The van der Waals surface area contributed by atoms with E-state index in [1.807, 2.05) is 12.1 Å². The molecule has 0 radical (unpaired) electrons. The summed E-state index contributed by atoms with van der Waals surface area (Å²) in [6.45, 7) is 2.92. The molecular formula is C17H21ClN4O2. The first-order valence-electron chi connectivity index (χ1n) is 8.19. The third kappa shape index (κ3) is 4.55. The quantitative estimate of drug-likeness (QED) is 0.868. The van der Waals surface area contributed by atoms with Gasteiger partial charge in [-0.1, -0.05) is 28.9 Å². The number of piperidine rings is 1. The van der Waals surface area contributed by atoms with Crippen molar-refractivity contribution < 1.29 is 9.90 Å². The number of likely N-dealkylation sites (tertiary alicyclic amines) is 1. The lowest BCUT2D eigenvalue weighted by Gasteiger charge is -2.32. The maximum atomic E-state index is 10.6. The van der Waals surface area contributed by atoms with Crippen LogP contribution in [0.3, 0.4) is 0 Å². The van der Waals surface area contributed by atoms with Gasteiger partial charge in [-0.3, -0.25) is 4.79 Å². The molecule has 3 rings (SSSR count). The van der Waals surface area contributed by atoms with Crippen molar-refractivity contribution in [3.05, 3.63) is 46.7 Å². The highest BCUT2D eigenvalue weighted by atomic mass is 35.5. The van der Waals surface area contributed by atoms with E-state index in [2.05, 4.69) is 27.3 Å². The van der Waals surface area contributed by atoms with Gasteiger partial charge >= 0.3 is 5.97 Å². The summed E-state index contributed by atoms with van der Waals surface area (Å²) in [5, 5.41) is 17.4. The summed E-state index contributed by atoms with van der Waals surface area (Å²) in [6.07, 6.45) is 4.81. The normalized spacial score (nSPS) is 16.4. The molecule has 7 heteroatoms. The molecule has 1 N–H and O–H groups in total. The van der Waals surface area contributed by atoms with E-state index in [9.17, 15) is 4.79 Å². The SMILES string of the molecule is O=C(O)Cn1cc(CCN2CCC(c3ccc(Cl)cc3)CC2)nn1. The van der Waals surface area contributed by atoms with Crippen LogP contribution in [0.1, 0.15) is 30.0 Å². The maximum absolute atomic E-state index is 10.6. The number of nitrogens with zero attached hydrogens (tertiary/aromatic N) is 4. The number of benzene rings is 1. The van der Waals surface area contributed by atoms with E-state index in [1.165, 1.54) is 10.2 Å². The number of rotatable bonds is 6. The monoisotopic (exact) mass is 348 g/mol. The second kappa shape index (κ2) is 7.77. The predicted molar refractivity (Wildman–Crippen MR) is 91.2 cm³/mol. The third-order valence-electron chi connectivity index (χ3n) is 4.50. The van der Waals surface area contributed by atoms with Crippen LogP contribution in [0.15, 0.2) is 30.5 Å². The number of hydrogen-bond donors (Lipinski definition) is 1. The number of hydrogen-bond acceptors (Lipinski definition) is 4.